The topological polar surface area (TPSA) is 164 Å². The van der Waals surface area contributed by atoms with Crippen molar-refractivity contribution in [3.05, 3.63) is 0 Å². The van der Waals surface area contributed by atoms with E-state index in [-0.39, 0.29) is 59.8 Å². The van der Waals surface area contributed by atoms with Gasteiger partial charge in [0.1, 0.15) is 0 Å². The maximum Gasteiger partial charge on any atom is 0.266 e. The molecule has 0 aromatic heterocycles. The van der Waals surface area contributed by atoms with Crippen LogP contribution in [0.4, 0.5) is 0 Å². The van der Waals surface area contributed by atoms with E-state index in [1.54, 1.807) is 0 Å². The molecule has 1 amide bonds. The highest BCUT2D eigenvalue weighted by Gasteiger charge is 2.67. The van der Waals surface area contributed by atoms with Crippen molar-refractivity contribution in [1.29, 1.82) is 0 Å². The van der Waals surface area contributed by atoms with E-state index in [9.17, 15) is 33.6 Å². The monoisotopic (exact) mass is 531 g/mol. The lowest BCUT2D eigenvalue weighted by Gasteiger charge is -2.64. The Morgan fingerprint density at radius 3 is 2.36 bits per heavy atom. The Morgan fingerprint density at radius 1 is 1.00 bits per heavy atom. The predicted octanol–water partition coefficient (Wildman–Crippen LogP) is 1.34. The number of hydrogen-bond acceptors (Lipinski definition) is 7. The van der Waals surface area contributed by atoms with Crippen LogP contribution in [0.2, 0.25) is 0 Å². The number of aliphatic hydroxyl groups is 4. The van der Waals surface area contributed by atoms with Gasteiger partial charge in [0.05, 0.1) is 30.2 Å². The summed E-state index contributed by atoms with van der Waals surface area (Å²) in [5, 5.41) is 47.0. The van der Waals surface area contributed by atoms with E-state index in [1.807, 2.05) is 0 Å². The number of fused-ring (bicyclic) bond motifs is 5. The van der Waals surface area contributed by atoms with E-state index in [0.29, 0.717) is 25.7 Å². The lowest BCUT2D eigenvalue weighted by molar-refractivity contribution is -0.243. The number of amides is 1. The van der Waals surface area contributed by atoms with Crippen molar-refractivity contribution in [2.24, 2.45) is 46.3 Å². The van der Waals surface area contributed by atoms with Gasteiger partial charge in [-0.15, -0.1) is 0 Å². The number of hydrogen-bond donors (Lipinski definition) is 6. The Balaban J connectivity index is 1.46. The third kappa shape index (κ3) is 4.86. The van der Waals surface area contributed by atoms with E-state index in [4.69, 9.17) is 4.55 Å². The van der Waals surface area contributed by atoms with Gasteiger partial charge in [-0.25, -0.2) is 0 Å². The molecule has 36 heavy (non-hydrogen) atoms. The van der Waals surface area contributed by atoms with Gasteiger partial charge in [0.15, 0.2) is 0 Å². The SMILES string of the molecule is C[C@H](CCC(=O)NCCS(=O)(=O)O)[C@H]1CC[C@H]2[C@@H]3[C@@H](O)[C@@H](O)[C@@H]4C[C@H](O)CC[C@]4(C)[C@H]3C[C@@H](O)[C@]12C. The molecule has 208 valence electrons. The molecule has 6 N–H and O–H groups in total. The van der Waals surface area contributed by atoms with Gasteiger partial charge in [-0.3, -0.25) is 9.35 Å². The summed E-state index contributed by atoms with van der Waals surface area (Å²) in [6, 6.07) is 0. The summed E-state index contributed by atoms with van der Waals surface area (Å²) in [5.41, 5.74) is -0.658. The van der Waals surface area contributed by atoms with Crippen molar-refractivity contribution < 1.29 is 38.2 Å². The molecule has 4 aliphatic carbocycles. The van der Waals surface area contributed by atoms with Crippen LogP contribution in [-0.4, -0.2) is 76.0 Å². The molecule has 9 nitrogen and oxygen atoms in total. The Bertz CT molecular complexity index is 929. The molecule has 12 atom stereocenters. The second kappa shape index (κ2) is 10.1. The first kappa shape index (κ1) is 28.2. The molecule has 4 saturated carbocycles. The van der Waals surface area contributed by atoms with Gasteiger partial charge in [-0.1, -0.05) is 20.8 Å². The van der Waals surface area contributed by atoms with Crippen molar-refractivity contribution in [2.45, 2.75) is 96.6 Å². The third-order valence-electron chi connectivity index (χ3n) is 11.1. The van der Waals surface area contributed by atoms with Crippen LogP contribution < -0.4 is 5.32 Å². The van der Waals surface area contributed by atoms with Crippen molar-refractivity contribution in [2.75, 3.05) is 12.3 Å². The molecule has 0 aromatic carbocycles. The maximum atomic E-state index is 12.2. The second-order valence-corrected chi connectivity index (χ2v) is 14.3. The van der Waals surface area contributed by atoms with Gasteiger partial charge in [0, 0.05) is 13.0 Å². The summed E-state index contributed by atoms with van der Waals surface area (Å²) in [5.74, 6) is -0.613. The fourth-order valence-corrected chi connectivity index (χ4v) is 9.50. The number of nitrogens with one attached hydrogen (secondary N) is 1. The van der Waals surface area contributed by atoms with Gasteiger partial charge in [-0.05, 0) is 91.3 Å². The Kier molecular flexibility index (Phi) is 7.90. The lowest BCUT2D eigenvalue weighted by atomic mass is 9.42. The molecule has 4 aliphatic rings. The molecule has 4 fully saturated rings. The third-order valence-corrected chi connectivity index (χ3v) is 11.8. The van der Waals surface area contributed by atoms with E-state index < -0.39 is 45.7 Å². The number of rotatable bonds is 7. The minimum Gasteiger partial charge on any atom is -0.393 e. The quantitative estimate of drug-likeness (QED) is 0.268. The summed E-state index contributed by atoms with van der Waals surface area (Å²) < 4.78 is 30.5. The lowest BCUT2D eigenvalue weighted by Crippen LogP contribution is -2.66. The van der Waals surface area contributed by atoms with E-state index in [0.717, 1.165) is 19.3 Å². The molecule has 10 heteroatoms. The number of carbonyl (C=O) groups excluding carboxylic acids is 1. The standard InChI is InChI=1S/C26H45NO8S/c1-14(4-7-21(30)27-10-11-36(33,34)35)16-5-6-17-22-18(13-20(29)26(16,17)3)25(2)9-8-15(28)12-19(25)23(31)24(22)32/h14-20,22-24,28-29,31-32H,4-13H2,1-3H3,(H,27,30)(H,33,34,35)/t14-,15-,16-,17+,18+,19+,20-,22+,23+,24-,25-,26-/m1/s1. The number of carbonyl (C=O) groups is 1. The molecule has 0 spiro atoms. The van der Waals surface area contributed by atoms with E-state index in [2.05, 4.69) is 26.1 Å². The van der Waals surface area contributed by atoms with Crippen LogP contribution in [0, 0.1) is 46.3 Å². The minimum absolute atomic E-state index is 0.0663. The first-order valence-corrected chi connectivity index (χ1v) is 15.2. The van der Waals surface area contributed by atoms with Crippen LogP contribution in [-0.2, 0) is 14.9 Å². The largest absolute Gasteiger partial charge is 0.393 e. The van der Waals surface area contributed by atoms with Crippen LogP contribution in [0.25, 0.3) is 0 Å². The summed E-state index contributed by atoms with van der Waals surface area (Å²) in [7, 11) is -4.12. The fraction of sp³-hybridized carbons (Fsp3) is 0.962. The Morgan fingerprint density at radius 2 is 1.69 bits per heavy atom. The molecule has 4 rings (SSSR count). The zero-order valence-electron chi connectivity index (χ0n) is 21.7. The summed E-state index contributed by atoms with van der Waals surface area (Å²) in [4.78, 5) is 12.2. The summed E-state index contributed by atoms with van der Waals surface area (Å²) in [6.07, 6.45) is 2.33. The fourth-order valence-electron chi connectivity index (χ4n) is 9.14. The highest BCUT2D eigenvalue weighted by atomic mass is 32.2. The molecule has 0 bridgehead atoms. The maximum absolute atomic E-state index is 12.2. The normalized spacial score (nSPS) is 47.4. The highest BCUT2D eigenvalue weighted by Crippen LogP contribution is 2.68. The Labute approximate surface area is 214 Å². The first-order valence-electron chi connectivity index (χ1n) is 13.6. The molecular formula is C26H45NO8S. The molecule has 0 aliphatic heterocycles. The van der Waals surface area contributed by atoms with E-state index in [1.165, 1.54) is 0 Å². The van der Waals surface area contributed by atoms with Crippen molar-refractivity contribution >= 4 is 16.0 Å². The Hall–Kier alpha value is -0.780. The predicted molar refractivity (Wildman–Crippen MR) is 133 cm³/mol. The zero-order valence-corrected chi connectivity index (χ0v) is 22.5. The molecule has 0 aromatic rings. The highest BCUT2D eigenvalue weighted by molar-refractivity contribution is 7.85. The van der Waals surface area contributed by atoms with Gasteiger partial charge >= 0.3 is 0 Å². The van der Waals surface area contributed by atoms with E-state index >= 15 is 0 Å². The van der Waals surface area contributed by atoms with Crippen LogP contribution in [0.1, 0.15) is 72.1 Å². The van der Waals surface area contributed by atoms with Crippen molar-refractivity contribution in [1.82, 2.24) is 5.32 Å². The average Bonchev–Trinajstić information content (AvgIpc) is 3.15. The van der Waals surface area contributed by atoms with Crippen LogP contribution in [0.3, 0.4) is 0 Å². The molecule has 0 heterocycles. The summed E-state index contributed by atoms with van der Waals surface area (Å²) >= 11 is 0. The van der Waals surface area contributed by atoms with Crippen LogP contribution >= 0.6 is 0 Å². The van der Waals surface area contributed by atoms with Crippen molar-refractivity contribution in [3.8, 4) is 0 Å². The minimum atomic E-state index is -4.12. The van der Waals surface area contributed by atoms with Crippen LogP contribution in [0.5, 0.6) is 0 Å². The molecule has 0 unspecified atom stereocenters. The zero-order chi connectivity index (χ0) is 26.6. The van der Waals surface area contributed by atoms with Gasteiger partial charge < -0.3 is 25.7 Å². The average molecular weight is 532 g/mol. The second-order valence-electron chi connectivity index (χ2n) is 12.8. The smallest absolute Gasteiger partial charge is 0.266 e. The molecule has 0 saturated heterocycles. The van der Waals surface area contributed by atoms with Gasteiger partial charge in [0.25, 0.3) is 10.1 Å². The van der Waals surface area contributed by atoms with Crippen molar-refractivity contribution in [3.63, 3.8) is 0 Å². The first-order chi connectivity index (χ1) is 16.7. The van der Waals surface area contributed by atoms with Gasteiger partial charge in [-0.2, -0.15) is 8.42 Å². The number of aliphatic hydroxyl groups excluding tert-OH is 4. The van der Waals surface area contributed by atoms with Gasteiger partial charge in [0.2, 0.25) is 5.91 Å². The summed E-state index contributed by atoms with van der Waals surface area (Å²) in [6.45, 7) is 6.26. The molecular weight excluding hydrogens is 486 g/mol. The molecule has 0 radical (unpaired) electrons. The van der Waals surface area contributed by atoms with Crippen LogP contribution in [0.15, 0.2) is 0 Å².